The molecule has 0 saturated carbocycles. The molecule has 0 amide bonds. The van der Waals surface area contributed by atoms with Gasteiger partial charge in [0.25, 0.3) is 0 Å². The Morgan fingerprint density at radius 2 is 2.29 bits per heavy atom. The van der Waals surface area contributed by atoms with E-state index in [2.05, 4.69) is 29.9 Å². The summed E-state index contributed by atoms with van der Waals surface area (Å²) < 4.78 is 0. The highest BCUT2D eigenvalue weighted by molar-refractivity contribution is 7.99. The Morgan fingerprint density at radius 1 is 1.50 bits per heavy atom. The summed E-state index contributed by atoms with van der Waals surface area (Å²) in [6.45, 7) is 4.25. The lowest BCUT2D eigenvalue weighted by Crippen LogP contribution is -1.99. The van der Waals surface area contributed by atoms with Gasteiger partial charge in [0.05, 0.1) is 5.03 Å². The Morgan fingerprint density at radius 3 is 2.93 bits per heavy atom. The SMILES string of the molecule is CCCc1cc(SC(C)CCl)ncn1. The van der Waals surface area contributed by atoms with E-state index in [9.17, 15) is 0 Å². The number of aryl methyl sites for hydroxylation is 1. The minimum atomic E-state index is 0.404. The first-order chi connectivity index (χ1) is 6.76. The van der Waals surface area contributed by atoms with Crippen LogP contribution in [0.1, 0.15) is 26.0 Å². The monoisotopic (exact) mass is 230 g/mol. The summed E-state index contributed by atoms with van der Waals surface area (Å²) in [5.41, 5.74) is 1.12. The molecule has 14 heavy (non-hydrogen) atoms. The lowest BCUT2D eigenvalue weighted by Gasteiger charge is -2.06. The van der Waals surface area contributed by atoms with Crippen molar-refractivity contribution in [2.75, 3.05) is 5.88 Å². The lowest BCUT2D eigenvalue weighted by atomic mass is 10.2. The molecule has 1 rings (SSSR count). The van der Waals surface area contributed by atoms with Crippen LogP contribution in [0.4, 0.5) is 0 Å². The van der Waals surface area contributed by atoms with Crippen molar-refractivity contribution >= 4 is 23.4 Å². The molecule has 0 N–H and O–H groups in total. The van der Waals surface area contributed by atoms with Crippen molar-refractivity contribution in [3.63, 3.8) is 0 Å². The molecule has 0 aliphatic heterocycles. The van der Waals surface area contributed by atoms with Crippen molar-refractivity contribution < 1.29 is 0 Å². The van der Waals surface area contributed by atoms with E-state index in [1.54, 1.807) is 18.1 Å². The predicted octanol–water partition coefficient (Wildman–Crippen LogP) is 3.15. The van der Waals surface area contributed by atoms with Crippen LogP contribution in [-0.2, 0) is 6.42 Å². The van der Waals surface area contributed by atoms with Gasteiger partial charge in [-0.2, -0.15) is 0 Å². The molecule has 1 atom stereocenters. The Labute approximate surface area is 94.5 Å². The van der Waals surface area contributed by atoms with Gasteiger partial charge in [0.1, 0.15) is 6.33 Å². The Kier molecular flexibility index (Phi) is 5.26. The summed E-state index contributed by atoms with van der Waals surface area (Å²) in [4.78, 5) is 8.41. The third-order valence-corrected chi connectivity index (χ3v) is 3.42. The second-order valence-corrected chi connectivity index (χ2v) is 4.95. The molecule has 0 radical (unpaired) electrons. The number of rotatable bonds is 5. The minimum absolute atomic E-state index is 0.404. The fraction of sp³-hybridized carbons (Fsp3) is 0.600. The topological polar surface area (TPSA) is 25.8 Å². The molecule has 0 spiro atoms. The van der Waals surface area contributed by atoms with E-state index in [-0.39, 0.29) is 0 Å². The molecule has 0 fully saturated rings. The summed E-state index contributed by atoms with van der Waals surface area (Å²) in [6.07, 6.45) is 3.77. The standard InChI is InChI=1S/C10H15ClN2S/c1-3-4-9-5-10(13-7-12-9)14-8(2)6-11/h5,7-8H,3-4,6H2,1-2H3. The second-order valence-electron chi connectivity index (χ2n) is 3.18. The van der Waals surface area contributed by atoms with Crippen LogP contribution in [0.3, 0.4) is 0 Å². The van der Waals surface area contributed by atoms with Gasteiger partial charge in [-0.3, -0.25) is 0 Å². The van der Waals surface area contributed by atoms with Crippen molar-refractivity contribution in [1.82, 2.24) is 9.97 Å². The number of hydrogen-bond donors (Lipinski definition) is 0. The Hall–Kier alpha value is -0.280. The Bertz CT molecular complexity index is 281. The van der Waals surface area contributed by atoms with Crippen LogP contribution in [0.5, 0.6) is 0 Å². The van der Waals surface area contributed by atoms with Gasteiger partial charge in [0, 0.05) is 16.8 Å². The molecule has 0 aromatic carbocycles. The first kappa shape index (κ1) is 11.8. The molecule has 1 aromatic rings. The maximum Gasteiger partial charge on any atom is 0.116 e. The normalized spacial score (nSPS) is 12.8. The average Bonchev–Trinajstić information content (AvgIpc) is 2.19. The zero-order valence-electron chi connectivity index (χ0n) is 8.53. The Balaban J connectivity index is 2.63. The molecule has 0 saturated heterocycles. The van der Waals surface area contributed by atoms with Crippen molar-refractivity contribution in [1.29, 1.82) is 0 Å². The number of thioether (sulfide) groups is 1. The average molecular weight is 231 g/mol. The number of hydrogen-bond acceptors (Lipinski definition) is 3. The summed E-state index contributed by atoms with van der Waals surface area (Å²) in [5.74, 6) is 0.651. The number of aromatic nitrogens is 2. The van der Waals surface area contributed by atoms with E-state index in [1.165, 1.54) is 0 Å². The van der Waals surface area contributed by atoms with Crippen LogP contribution in [0.25, 0.3) is 0 Å². The largest absolute Gasteiger partial charge is 0.241 e. The van der Waals surface area contributed by atoms with Crippen LogP contribution < -0.4 is 0 Å². The van der Waals surface area contributed by atoms with Gasteiger partial charge in [0.15, 0.2) is 0 Å². The van der Waals surface area contributed by atoms with Gasteiger partial charge in [-0.05, 0) is 12.5 Å². The fourth-order valence-corrected chi connectivity index (χ4v) is 2.05. The third-order valence-electron chi connectivity index (χ3n) is 1.74. The molecule has 1 aromatic heterocycles. The van der Waals surface area contributed by atoms with Crippen LogP contribution in [0.15, 0.2) is 17.4 Å². The minimum Gasteiger partial charge on any atom is -0.241 e. The van der Waals surface area contributed by atoms with Crippen molar-refractivity contribution in [2.24, 2.45) is 0 Å². The van der Waals surface area contributed by atoms with Gasteiger partial charge < -0.3 is 0 Å². The molecule has 78 valence electrons. The highest BCUT2D eigenvalue weighted by Crippen LogP contribution is 2.21. The molecule has 0 aliphatic carbocycles. The van der Waals surface area contributed by atoms with Gasteiger partial charge in [-0.25, -0.2) is 9.97 Å². The van der Waals surface area contributed by atoms with Crippen molar-refractivity contribution in [3.05, 3.63) is 18.1 Å². The van der Waals surface area contributed by atoms with E-state index in [1.807, 2.05) is 0 Å². The number of halogens is 1. The zero-order valence-corrected chi connectivity index (χ0v) is 10.1. The van der Waals surface area contributed by atoms with E-state index >= 15 is 0 Å². The molecular formula is C10H15ClN2S. The van der Waals surface area contributed by atoms with E-state index in [4.69, 9.17) is 11.6 Å². The third kappa shape index (κ3) is 3.84. The summed E-state index contributed by atoms with van der Waals surface area (Å²) in [7, 11) is 0. The van der Waals surface area contributed by atoms with Gasteiger partial charge >= 0.3 is 0 Å². The first-order valence-electron chi connectivity index (χ1n) is 4.79. The molecule has 0 bridgehead atoms. The second kappa shape index (κ2) is 6.25. The van der Waals surface area contributed by atoms with Gasteiger partial charge in [0.2, 0.25) is 0 Å². The van der Waals surface area contributed by atoms with E-state index in [0.29, 0.717) is 11.1 Å². The van der Waals surface area contributed by atoms with Crippen LogP contribution in [0, 0.1) is 0 Å². The van der Waals surface area contributed by atoms with Gasteiger partial charge in [-0.15, -0.1) is 23.4 Å². The lowest BCUT2D eigenvalue weighted by molar-refractivity contribution is 0.854. The zero-order chi connectivity index (χ0) is 10.4. The smallest absolute Gasteiger partial charge is 0.116 e. The highest BCUT2D eigenvalue weighted by Gasteiger charge is 2.04. The summed E-state index contributed by atoms with van der Waals surface area (Å²) >= 11 is 7.44. The van der Waals surface area contributed by atoms with Crippen molar-refractivity contribution in [2.45, 2.75) is 37.0 Å². The maximum absolute atomic E-state index is 5.74. The summed E-state index contributed by atoms with van der Waals surface area (Å²) in [6, 6.07) is 2.05. The first-order valence-corrected chi connectivity index (χ1v) is 6.21. The van der Waals surface area contributed by atoms with Crippen LogP contribution >= 0.6 is 23.4 Å². The highest BCUT2D eigenvalue weighted by atomic mass is 35.5. The van der Waals surface area contributed by atoms with Gasteiger partial charge in [-0.1, -0.05) is 20.3 Å². The predicted molar refractivity (Wildman–Crippen MR) is 62.1 cm³/mol. The quantitative estimate of drug-likeness (QED) is 0.442. The number of alkyl halides is 1. The number of nitrogens with zero attached hydrogens (tertiary/aromatic N) is 2. The molecule has 1 heterocycles. The van der Waals surface area contributed by atoms with Crippen molar-refractivity contribution in [3.8, 4) is 0 Å². The molecule has 2 nitrogen and oxygen atoms in total. The molecule has 1 unspecified atom stereocenters. The van der Waals surface area contributed by atoms with Crippen LogP contribution in [0.2, 0.25) is 0 Å². The summed E-state index contributed by atoms with van der Waals surface area (Å²) in [5, 5.41) is 1.43. The molecule has 4 heteroatoms. The van der Waals surface area contributed by atoms with E-state index in [0.717, 1.165) is 23.6 Å². The maximum atomic E-state index is 5.74. The molecule has 0 aliphatic rings. The van der Waals surface area contributed by atoms with Crippen LogP contribution in [-0.4, -0.2) is 21.1 Å². The van der Waals surface area contributed by atoms with E-state index < -0.39 is 0 Å². The molecular weight excluding hydrogens is 216 g/mol. The fourth-order valence-electron chi connectivity index (χ4n) is 1.07.